The van der Waals surface area contributed by atoms with E-state index in [2.05, 4.69) is 111 Å². The first-order valence-corrected chi connectivity index (χ1v) is 12.3. The molecule has 3 heteroatoms. The largest absolute Gasteiger partial charge is 0.308 e. The van der Waals surface area contributed by atoms with Crippen LogP contribution in [0.25, 0.3) is 0 Å². The van der Waals surface area contributed by atoms with Crippen molar-refractivity contribution in [2.75, 3.05) is 4.90 Å². The van der Waals surface area contributed by atoms with Crippen molar-refractivity contribution in [1.29, 1.82) is 0 Å². The maximum absolute atomic E-state index is 2.46. The molecule has 5 rings (SSSR count). The molecular weight excluding hydrogens is 414 g/mol. The number of benzene rings is 4. The zero-order valence-corrected chi connectivity index (χ0v) is 19.7. The zero-order valence-electron chi connectivity index (χ0n) is 18.1. The maximum Gasteiger partial charge on any atom is 0.0644 e. The molecule has 0 amide bonds. The summed E-state index contributed by atoms with van der Waals surface area (Å²) in [5.41, 5.74) is 7.82. The van der Waals surface area contributed by atoms with Crippen molar-refractivity contribution in [1.82, 2.24) is 0 Å². The molecule has 0 saturated carbocycles. The molecule has 154 valence electrons. The molecule has 0 N–H and O–H groups in total. The molecule has 0 spiro atoms. The molecule has 1 heterocycles. The first-order valence-electron chi connectivity index (χ1n) is 10.7. The second-order valence-corrected chi connectivity index (χ2v) is 10.0. The minimum Gasteiger partial charge on any atom is -0.308 e. The molecule has 0 saturated heterocycles. The van der Waals surface area contributed by atoms with Crippen LogP contribution in [-0.4, -0.2) is 0 Å². The van der Waals surface area contributed by atoms with Gasteiger partial charge in [-0.25, -0.2) is 0 Å². The number of aryl methyl sites for hydroxylation is 2. The van der Waals surface area contributed by atoms with Gasteiger partial charge < -0.3 is 4.90 Å². The number of nitrogens with zero attached hydrogens (tertiary/aromatic N) is 1. The smallest absolute Gasteiger partial charge is 0.0644 e. The Bertz CT molecular complexity index is 1240. The second-order valence-electron chi connectivity index (χ2n) is 7.85. The molecule has 0 unspecified atom stereocenters. The summed E-state index contributed by atoms with van der Waals surface area (Å²) in [5.74, 6) is 0. The van der Waals surface area contributed by atoms with Crippen molar-refractivity contribution < 1.29 is 0 Å². The third-order valence-corrected chi connectivity index (χ3v) is 8.11. The Morgan fingerprint density at radius 1 is 0.742 bits per heavy atom. The molecular formula is C28H25NS2. The number of rotatable bonds is 4. The van der Waals surface area contributed by atoms with Crippen LogP contribution < -0.4 is 4.90 Å². The minimum absolute atomic E-state index is 0.989. The second kappa shape index (κ2) is 8.49. The van der Waals surface area contributed by atoms with Crippen LogP contribution >= 0.6 is 23.5 Å². The highest BCUT2D eigenvalue weighted by molar-refractivity contribution is 8.00. The highest BCUT2D eigenvalue weighted by Crippen LogP contribution is 2.54. The Morgan fingerprint density at radius 2 is 1.48 bits per heavy atom. The Morgan fingerprint density at radius 3 is 2.26 bits per heavy atom. The van der Waals surface area contributed by atoms with E-state index in [1.807, 2.05) is 23.5 Å². The van der Waals surface area contributed by atoms with E-state index in [9.17, 15) is 0 Å². The van der Waals surface area contributed by atoms with Crippen LogP contribution in [0.2, 0.25) is 0 Å². The predicted molar refractivity (Wildman–Crippen MR) is 135 cm³/mol. The van der Waals surface area contributed by atoms with E-state index >= 15 is 0 Å². The van der Waals surface area contributed by atoms with Crippen LogP contribution in [0.4, 0.5) is 17.1 Å². The van der Waals surface area contributed by atoms with E-state index in [-0.39, 0.29) is 0 Å². The van der Waals surface area contributed by atoms with E-state index in [4.69, 9.17) is 0 Å². The number of anilines is 3. The molecule has 1 aliphatic heterocycles. The highest BCUT2D eigenvalue weighted by atomic mass is 32.2. The SMILES string of the molecule is CCc1c(Sc2ccccc2C)ccc2c1N(c1ccc(C)cc1)c1ccccc1S2. The summed E-state index contributed by atoms with van der Waals surface area (Å²) in [6.45, 7) is 6.61. The van der Waals surface area contributed by atoms with Crippen LogP contribution in [0.15, 0.2) is 105 Å². The quantitative estimate of drug-likeness (QED) is 0.275. The Labute approximate surface area is 193 Å². The van der Waals surface area contributed by atoms with Crippen LogP contribution in [0.1, 0.15) is 23.6 Å². The fourth-order valence-corrected chi connectivity index (χ4v) is 6.29. The van der Waals surface area contributed by atoms with E-state index in [0.29, 0.717) is 0 Å². The summed E-state index contributed by atoms with van der Waals surface area (Å²) in [6.07, 6.45) is 0.989. The van der Waals surface area contributed by atoms with Gasteiger partial charge in [0.1, 0.15) is 0 Å². The third-order valence-electron chi connectivity index (χ3n) is 5.71. The number of fused-ring (bicyclic) bond motifs is 2. The molecule has 4 aromatic carbocycles. The lowest BCUT2D eigenvalue weighted by molar-refractivity contribution is 1.03. The van der Waals surface area contributed by atoms with E-state index in [1.165, 1.54) is 53.3 Å². The first-order chi connectivity index (χ1) is 15.2. The van der Waals surface area contributed by atoms with Crippen molar-refractivity contribution in [3.8, 4) is 0 Å². The minimum atomic E-state index is 0.989. The van der Waals surface area contributed by atoms with Gasteiger partial charge in [-0.05, 0) is 73.9 Å². The van der Waals surface area contributed by atoms with Crippen molar-refractivity contribution in [2.45, 2.75) is 46.8 Å². The topological polar surface area (TPSA) is 3.24 Å². The summed E-state index contributed by atoms with van der Waals surface area (Å²) in [4.78, 5) is 7.75. The third kappa shape index (κ3) is 3.77. The average Bonchev–Trinajstić information content (AvgIpc) is 2.80. The van der Waals surface area contributed by atoms with Crippen LogP contribution in [-0.2, 0) is 6.42 Å². The van der Waals surface area contributed by atoms with Gasteiger partial charge in [0.05, 0.1) is 11.4 Å². The lowest BCUT2D eigenvalue weighted by Crippen LogP contribution is -2.17. The fourth-order valence-electron chi connectivity index (χ4n) is 4.08. The number of hydrogen-bond acceptors (Lipinski definition) is 3. The number of hydrogen-bond donors (Lipinski definition) is 0. The molecule has 31 heavy (non-hydrogen) atoms. The van der Waals surface area contributed by atoms with Crippen LogP contribution in [0.5, 0.6) is 0 Å². The molecule has 0 radical (unpaired) electrons. The molecule has 0 aromatic heterocycles. The van der Waals surface area contributed by atoms with Gasteiger partial charge in [-0.15, -0.1) is 0 Å². The van der Waals surface area contributed by atoms with Crippen molar-refractivity contribution in [3.63, 3.8) is 0 Å². The van der Waals surface area contributed by atoms with E-state index in [1.54, 1.807) is 0 Å². The number of para-hydroxylation sites is 1. The van der Waals surface area contributed by atoms with Gasteiger partial charge in [-0.2, -0.15) is 0 Å². The van der Waals surface area contributed by atoms with Gasteiger partial charge in [0.25, 0.3) is 0 Å². The molecule has 0 aliphatic carbocycles. The highest BCUT2D eigenvalue weighted by Gasteiger charge is 2.28. The van der Waals surface area contributed by atoms with E-state index < -0.39 is 0 Å². The van der Waals surface area contributed by atoms with Gasteiger partial charge in [-0.1, -0.05) is 78.5 Å². The molecule has 0 atom stereocenters. The predicted octanol–water partition coefficient (Wildman–Crippen LogP) is 8.95. The normalized spacial score (nSPS) is 12.4. The van der Waals surface area contributed by atoms with Crippen LogP contribution in [0, 0.1) is 13.8 Å². The monoisotopic (exact) mass is 439 g/mol. The van der Waals surface area contributed by atoms with Crippen molar-refractivity contribution in [3.05, 3.63) is 102 Å². The fraction of sp³-hybridized carbons (Fsp3) is 0.143. The van der Waals surface area contributed by atoms with Crippen LogP contribution in [0.3, 0.4) is 0 Å². The Hall–Kier alpha value is -2.62. The molecule has 4 aromatic rings. The molecule has 1 aliphatic rings. The lowest BCUT2D eigenvalue weighted by atomic mass is 10.1. The maximum atomic E-state index is 2.46. The van der Waals surface area contributed by atoms with Gasteiger partial charge >= 0.3 is 0 Å². The van der Waals surface area contributed by atoms with E-state index in [0.717, 1.165) is 6.42 Å². The summed E-state index contributed by atoms with van der Waals surface area (Å²) in [7, 11) is 0. The zero-order chi connectivity index (χ0) is 21.4. The molecule has 0 bridgehead atoms. The van der Waals surface area contributed by atoms with Gasteiger partial charge in [0.15, 0.2) is 0 Å². The average molecular weight is 440 g/mol. The van der Waals surface area contributed by atoms with Gasteiger partial charge in [0.2, 0.25) is 0 Å². The summed E-state index contributed by atoms with van der Waals surface area (Å²) in [5, 5.41) is 0. The van der Waals surface area contributed by atoms with Gasteiger partial charge in [-0.3, -0.25) is 0 Å². The first kappa shape index (κ1) is 20.3. The lowest BCUT2D eigenvalue weighted by Gasteiger charge is -2.35. The van der Waals surface area contributed by atoms with Gasteiger partial charge in [0, 0.05) is 25.3 Å². The van der Waals surface area contributed by atoms with Crippen molar-refractivity contribution in [2.24, 2.45) is 0 Å². The summed E-state index contributed by atoms with van der Waals surface area (Å²) >= 11 is 3.76. The summed E-state index contributed by atoms with van der Waals surface area (Å²) in [6, 6.07) is 30.9. The molecule has 1 nitrogen and oxygen atoms in total. The standard InChI is InChI=1S/C28H25NS2/c1-4-22-25(30-24-11-7-5-9-20(24)3)17-18-27-28(22)29(21-15-13-19(2)14-16-21)23-10-6-8-12-26(23)31-27/h5-18H,4H2,1-3H3. The molecule has 0 fully saturated rings. The Balaban J connectivity index is 1.70. The van der Waals surface area contributed by atoms with Crippen molar-refractivity contribution >= 4 is 40.6 Å². The summed E-state index contributed by atoms with van der Waals surface area (Å²) < 4.78 is 0. The Kier molecular flexibility index (Phi) is 5.56.